The van der Waals surface area contributed by atoms with E-state index in [9.17, 15) is 0 Å². The monoisotopic (exact) mass is 502 g/mol. The van der Waals surface area contributed by atoms with Crippen molar-refractivity contribution >= 4 is 0 Å². The molecule has 2 aliphatic rings. The van der Waals surface area contributed by atoms with Crippen LogP contribution in [0.25, 0.3) is 0 Å². The molecule has 0 saturated heterocycles. The van der Waals surface area contributed by atoms with Crippen molar-refractivity contribution in [2.45, 2.75) is 75.1 Å². The first-order chi connectivity index (χ1) is 17.5. The third-order valence-electron chi connectivity index (χ3n) is 7.35. The summed E-state index contributed by atoms with van der Waals surface area (Å²) >= 11 is 0. The summed E-state index contributed by atoms with van der Waals surface area (Å²) in [5.41, 5.74) is 1.97. The zero-order valence-corrected chi connectivity index (χ0v) is 23.1. The van der Waals surface area contributed by atoms with Crippen molar-refractivity contribution in [3.63, 3.8) is 0 Å². The SMILES string of the molecule is COC(OC)(c1ccccc1)c1ccccc1.COC1(OC)CCCC1.COC1(OC)CCCCC1. The minimum Gasteiger partial charge on any atom is -0.353 e. The van der Waals surface area contributed by atoms with Gasteiger partial charge in [0.15, 0.2) is 11.6 Å². The molecular weight excluding hydrogens is 456 g/mol. The average molecular weight is 503 g/mol. The summed E-state index contributed by atoms with van der Waals surface area (Å²) in [5.74, 6) is -1.29. The van der Waals surface area contributed by atoms with E-state index in [1.165, 1.54) is 32.1 Å². The highest BCUT2D eigenvalue weighted by atomic mass is 16.7. The van der Waals surface area contributed by atoms with E-state index in [0.717, 1.165) is 36.8 Å². The van der Waals surface area contributed by atoms with Gasteiger partial charge in [-0.25, -0.2) is 0 Å². The molecule has 36 heavy (non-hydrogen) atoms. The quantitative estimate of drug-likeness (QED) is 0.376. The topological polar surface area (TPSA) is 55.4 Å². The summed E-state index contributed by atoms with van der Waals surface area (Å²) in [6, 6.07) is 19.9. The van der Waals surface area contributed by atoms with Gasteiger partial charge in [0, 0.05) is 79.5 Å². The molecule has 2 aromatic rings. The van der Waals surface area contributed by atoms with E-state index in [-0.39, 0.29) is 11.6 Å². The maximum Gasteiger partial charge on any atom is 0.221 e. The number of benzene rings is 2. The van der Waals surface area contributed by atoms with Crippen LogP contribution in [0.15, 0.2) is 60.7 Å². The first-order valence-electron chi connectivity index (χ1n) is 12.9. The van der Waals surface area contributed by atoms with Crippen LogP contribution in [0, 0.1) is 0 Å². The van der Waals surface area contributed by atoms with Gasteiger partial charge in [0.05, 0.1) is 0 Å². The fourth-order valence-electron chi connectivity index (χ4n) is 5.02. The molecule has 0 bridgehead atoms. The van der Waals surface area contributed by atoms with Gasteiger partial charge in [-0.2, -0.15) is 0 Å². The molecule has 4 rings (SSSR count). The molecule has 0 unspecified atom stereocenters. The average Bonchev–Trinajstić information content (AvgIpc) is 3.46. The van der Waals surface area contributed by atoms with E-state index >= 15 is 0 Å². The highest BCUT2D eigenvalue weighted by Crippen LogP contribution is 2.34. The molecule has 6 heteroatoms. The van der Waals surface area contributed by atoms with Crippen molar-refractivity contribution in [2.75, 3.05) is 42.7 Å². The van der Waals surface area contributed by atoms with Gasteiger partial charge >= 0.3 is 0 Å². The Hall–Kier alpha value is -1.80. The Balaban J connectivity index is 0.000000205. The van der Waals surface area contributed by atoms with E-state index in [4.69, 9.17) is 28.4 Å². The molecule has 0 aromatic heterocycles. The van der Waals surface area contributed by atoms with Crippen LogP contribution in [0.3, 0.4) is 0 Å². The van der Waals surface area contributed by atoms with E-state index in [1.54, 1.807) is 42.7 Å². The fraction of sp³-hybridized carbons (Fsp3) is 0.600. The molecule has 2 aliphatic carbocycles. The highest BCUT2D eigenvalue weighted by molar-refractivity contribution is 5.33. The van der Waals surface area contributed by atoms with E-state index < -0.39 is 5.79 Å². The maximum atomic E-state index is 5.64. The molecule has 2 fully saturated rings. The van der Waals surface area contributed by atoms with Crippen LogP contribution in [0.5, 0.6) is 0 Å². The summed E-state index contributed by atoms with van der Waals surface area (Å²) in [7, 11) is 10.2. The third-order valence-corrected chi connectivity index (χ3v) is 7.35. The van der Waals surface area contributed by atoms with E-state index in [0.29, 0.717) is 0 Å². The zero-order valence-electron chi connectivity index (χ0n) is 23.1. The Labute approximate surface area is 218 Å². The van der Waals surface area contributed by atoms with Gasteiger partial charge in [0.25, 0.3) is 0 Å². The molecule has 0 aliphatic heterocycles. The first kappa shape index (κ1) is 30.4. The molecule has 0 radical (unpaired) electrons. The fourth-order valence-corrected chi connectivity index (χ4v) is 5.02. The third kappa shape index (κ3) is 7.85. The summed E-state index contributed by atoms with van der Waals surface area (Å²) in [5, 5.41) is 0. The number of rotatable bonds is 8. The lowest BCUT2D eigenvalue weighted by molar-refractivity contribution is -0.222. The molecule has 0 spiro atoms. The van der Waals surface area contributed by atoms with Gasteiger partial charge in [0.1, 0.15) is 0 Å². The second-order valence-corrected chi connectivity index (χ2v) is 9.16. The van der Waals surface area contributed by atoms with E-state index in [1.807, 2.05) is 60.7 Å². The molecule has 6 nitrogen and oxygen atoms in total. The van der Waals surface area contributed by atoms with Crippen LogP contribution in [0.1, 0.15) is 68.9 Å². The molecule has 0 heterocycles. The number of hydrogen-bond acceptors (Lipinski definition) is 6. The lowest BCUT2D eigenvalue weighted by Crippen LogP contribution is -2.35. The molecular formula is C30H46O6. The second kappa shape index (κ2) is 15.5. The van der Waals surface area contributed by atoms with Gasteiger partial charge in [-0.1, -0.05) is 67.1 Å². The Morgan fingerprint density at radius 1 is 0.472 bits per heavy atom. The van der Waals surface area contributed by atoms with Crippen LogP contribution < -0.4 is 0 Å². The van der Waals surface area contributed by atoms with Crippen LogP contribution in [-0.2, 0) is 34.2 Å². The smallest absolute Gasteiger partial charge is 0.221 e. The van der Waals surface area contributed by atoms with Gasteiger partial charge in [-0.15, -0.1) is 0 Å². The number of hydrogen-bond donors (Lipinski definition) is 0. The van der Waals surface area contributed by atoms with Crippen LogP contribution in [0.4, 0.5) is 0 Å². The summed E-state index contributed by atoms with van der Waals surface area (Å²) in [6.45, 7) is 0. The van der Waals surface area contributed by atoms with Crippen LogP contribution in [-0.4, -0.2) is 54.2 Å². The van der Waals surface area contributed by atoms with Gasteiger partial charge in [-0.3, -0.25) is 0 Å². The molecule has 0 N–H and O–H groups in total. The maximum absolute atomic E-state index is 5.64. The first-order valence-corrected chi connectivity index (χ1v) is 12.9. The summed E-state index contributed by atoms with van der Waals surface area (Å²) in [6.07, 6.45) is 10.5. The molecule has 0 amide bonds. The van der Waals surface area contributed by atoms with Crippen molar-refractivity contribution in [1.82, 2.24) is 0 Å². The second-order valence-electron chi connectivity index (χ2n) is 9.16. The lowest BCUT2D eigenvalue weighted by atomic mass is 9.94. The standard InChI is InChI=1S/C15H16O2.C8H16O2.C7H14O2/c1-16-15(17-2,13-9-5-3-6-10-13)14-11-7-4-8-12-14;1-9-8(10-2)6-4-3-5-7-8;1-8-7(9-2)5-3-4-6-7/h3-12H,1-2H3;3-7H2,1-2H3;3-6H2,1-2H3. The molecule has 2 aromatic carbocycles. The number of methoxy groups -OCH3 is 6. The highest BCUT2D eigenvalue weighted by Gasteiger charge is 2.34. The Morgan fingerprint density at radius 2 is 0.778 bits per heavy atom. The van der Waals surface area contributed by atoms with Crippen molar-refractivity contribution < 1.29 is 28.4 Å². The minimum atomic E-state index is -0.831. The van der Waals surface area contributed by atoms with Crippen molar-refractivity contribution in [3.05, 3.63) is 71.8 Å². The van der Waals surface area contributed by atoms with Crippen molar-refractivity contribution in [3.8, 4) is 0 Å². The number of ether oxygens (including phenoxy) is 6. The predicted octanol–water partition coefficient (Wildman–Crippen LogP) is 6.67. The Morgan fingerprint density at radius 3 is 1.03 bits per heavy atom. The van der Waals surface area contributed by atoms with Crippen molar-refractivity contribution in [1.29, 1.82) is 0 Å². The summed E-state index contributed by atoms with van der Waals surface area (Å²) < 4.78 is 32.3. The largest absolute Gasteiger partial charge is 0.353 e. The predicted molar refractivity (Wildman–Crippen MR) is 143 cm³/mol. The summed E-state index contributed by atoms with van der Waals surface area (Å²) in [4.78, 5) is 0. The van der Waals surface area contributed by atoms with Crippen LogP contribution in [0.2, 0.25) is 0 Å². The van der Waals surface area contributed by atoms with Gasteiger partial charge < -0.3 is 28.4 Å². The minimum absolute atomic E-state index is 0.222. The van der Waals surface area contributed by atoms with E-state index in [2.05, 4.69) is 0 Å². The van der Waals surface area contributed by atoms with Crippen molar-refractivity contribution in [2.24, 2.45) is 0 Å². The Kier molecular flexibility index (Phi) is 13.1. The molecule has 2 saturated carbocycles. The molecule has 0 atom stereocenters. The van der Waals surface area contributed by atoms with Gasteiger partial charge in [0.2, 0.25) is 5.79 Å². The van der Waals surface area contributed by atoms with Crippen LogP contribution >= 0.6 is 0 Å². The zero-order chi connectivity index (χ0) is 26.3. The normalized spacial score (nSPS) is 18.4. The lowest BCUT2D eigenvalue weighted by Gasteiger charge is -2.34. The Bertz CT molecular complexity index is 756. The molecule has 202 valence electrons. The van der Waals surface area contributed by atoms with Gasteiger partial charge in [-0.05, 0) is 25.7 Å².